The second kappa shape index (κ2) is 11.2. The Kier molecular flexibility index (Phi) is 7.76. The molecule has 5 rings (SSSR count). The minimum Gasteiger partial charge on any atom is -0.330 e. The minimum atomic E-state index is 0.174. The lowest BCUT2D eigenvalue weighted by Crippen LogP contribution is -2.35. The van der Waals surface area contributed by atoms with Crippen molar-refractivity contribution in [1.82, 2.24) is 20.1 Å². The zero-order valence-electron chi connectivity index (χ0n) is 22.4. The Labute approximate surface area is 224 Å². The number of likely N-dealkylation sites (N-methyl/N-ethyl adjacent to an activating group) is 1. The normalized spacial score (nSPS) is 15.5. The molecule has 0 bridgehead atoms. The highest BCUT2D eigenvalue weighted by atomic mass is 32.1. The van der Waals surface area contributed by atoms with Crippen molar-refractivity contribution in [3.05, 3.63) is 63.7 Å². The van der Waals surface area contributed by atoms with Gasteiger partial charge in [0.1, 0.15) is 5.01 Å². The number of carbonyl (C=O) groups excluding carboxylic acids is 1. The van der Waals surface area contributed by atoms with Gasteiger partial charge in [0.05, 0.1) is 25.3 Å². The highest BCUT2D eigenvalue weighted by Crippen LogP contribution is 2.38. The van der Waals surface area contributed by atoms with Crippen LogP contribution in [0.3, 0.4) is 0 Å². The van der Waals surface area contributed by atoms with Crippen LogP contribution < -0.4 is 5.32 Å². The number of nitrogens with zero attached hydrogens (tertiary/aromatic N) is 3. The van der Waals surface area contributed by atoms with Crippen molar-refractivity contribution in [3.63, 3.8) is 0 Å². The number of aromatic nitrogens is 1. The smallest absolute Gasteiger partial charge is 0.237 e. The third kappa shape index (κ3) is 5.50. The van der Waals surface area contributed by atoms with E-state index in [1.165, 1.54) is 32.7 Å². The summed E-state index contributed by atoms with van der Waals surface area (Å²) in [6.07, 6.45) is 2.26. The molecule has 0 aliphatic carbocycles. The highest BCUT2D eigenvalue weighted by Gasteiger charge is 2.28. The average molecular weight is 513 g/mol. The van der Waals surface area contributed by atoms with Crippen molar-refractivity contribution in [2.75, 3.05) is 33.2 Å². The summed E-state index contributed by atoms with van der Waals surface area (Å²) in [7, 11) is 1.98. The van der Waals surface area contributed by atoms with E-state index in [1.54, 1.807) is 11.3 Å². The molecule has 1 N–H and O–H groups in total. The van der Waals surface area contributed by atoms with E-state index in [1.807, 2.05) is 16.8 Å². The topological polar surface area (TPSA) is 48.5 Å². The Balaban J connectivity index is 1.38. The third-order valence-electron chi connectivity index (χ3n) is 7.69. The summed E-state index contributed by atoms with van der Waals surface area (Å²) in [6.45, 7) is 11.2. The predicted molar refractivity (Wildman–Crippen MR) is 152 cm³/mol. The van der Waals surface area contributed by atoms with E-state index >= 15 is 0 Å². The molecule has 3 aromatic rings. The highest BCUT2D eigenvalue weighted by molar-refractivity contribution is 7.15. The number of hydrogen-bond donors (Lipinski definition) is 1. The van der Waals surface area contributed by atoms with Crippen molar-refractivity contribution < 1.29 is 4.79 Å². The first-order valence-corrected chi connectivity index (χ1v) is 14.1. The molecule has 0 saturated carbocycles. The first-order chi connectivity index (χ1) is 17.9. The van der Waals surface area contributed by atoms with Crippen LogP contribution >= 0.6 is 11.3 Å². The molecule has 1 amide bonds. The van der Waals surface area contributed by atoms with Gasteiger partial charge in [-0.3, -0.25) is 9.69 Å². The molecule has 5 nitrogen and oxygen atoms in total. The van der Waals surface area contributed by atoms with E-state index in [0.29, 0.717) is 25.6 Å². The van der Waals surface area contributed by atoms with Crippen LogP contribution in [0.5, 0.6) is 0 Å². The van der Waals surface area contributed by atoms with Gasteiger partial charge in [-0.25, -0.2) is 4.98 Å². The van der Waals surface area contributed by atoms with Gasteiger partial charge in [-0.2, -0.15) is 0 Å². The van der Waals surface area contributed by atoms with Crippen molar-refractivity contribution >= 4 is 17.2 Å². The fraction of sp³-hybridized carbons (Fsp3) is 0.419. The molecule has 1 fully saturated rings. The van der Waals surface area contributed by atoms with Gasteiger partial charge in [0.25, 0.3) is 0 Å². The van der Waals surface area contributed by atoms with Crippen LogP contribution in [0.2, 0.25) is 0 Å². The fourth-order valence-corrected chi connectivity index (χ4v) is 6.31. The zero-order chi connectivity index (χ0) is 25.9. The van der Waals surface area contributed by atoms with E-state index in [0.717, 1.165) is 48.7 Å². The van der Waals surface area contributed by atoms with Gasteiger partial charge in [0.2, 0.25) is 5.91 Å². The number of amides is 1. The summed E-state index contributed by atoms with van der Waals surface area (Å²) in [6, 6.07) is 13.0. The largest absolute Gasteiger partial charge is 0.330 e. The van der Waals surface area contributed by atoms with Gasteiger partial charge in [-0.15, -0.1) is 11.3 Å². The molecule has 2 aromatic carbocycles. The lowest BCUT2D eigenvalue weighted by atomic mass is 9.91. The van der Waals surface area contributed by atoms with Gasteiger partial charge in [0, 0.05) is 21.9 Å². The van der Waals surface area contributed by atoms with E-state index in [9.17, 15) is 4.79 Å². The number of fused-ring (bicyclic) bond motifs is 1. The molecule has 1 aromatic heterocycles. The van der Waals surface area contributed by atoms with Crippen molar-refractivity contribution in [2.45, 2.75) is 46.7 Å². The Morgan fingerprint density at radius 1 is 1.08 bits per heavy atom. The van der Waals surface area contributed by atoms with Crippen LogP contribution in [0.25, 0.3) is 21.7 Å². The zero-order valence-corrected chi connectivity index (χ0v) is 23.2. The fourth-order valence-electron chi connectivity index (χ4n) is 5.14. The minimum absolute atomic E-state index is 0.174. The van der Waals surface area contributed by atoms with E-state index in [4.69, 9.17) is 4.98 Å². The van der Waals surface area contributed by atoms with Gasteiger partial charge in [-0.05, 0) is 81.7 Å². The molecule has 0 unspecified atom stereocenters. The van der Waals surface area contributed by atoms with Gasteiger partial charge in [0.15, 0.2) is 0 Å². The van der Waals surface area contributed by atoms with Gasteiger partial charge in [-0.1, -0.05) is 49.1 Å². The van der Waals surface area contributed by atoms with Crippen molar-refractivity contribution in [1.29, 1.82) is 0 Å². The second-order valence-corrected chi connectivity index (χ2v) is 11.3. The van der Waals surface area contributed by atoms with Crippen LogP contribution in [0.15, 0.2) is 36.4 Å². The maximum absolute atomic E-state index is 12.6. The predicted octanol–water partition coefficient (Wildman–Crippen LogP) is 5.24. The molecule has 6 heteroatoms. The van der Waals surface area contributed by atoms with Crippen LogP contribution in [-0.2, 0) is 17.9 Å². The SMILES string of the molecule is CCN(C)CC(=O)N1Cc2nc(-c3cccc(-c4cccc(C#CC5CCNCC5)c4C)c3C)sc2C1. The van der Waals surface area contributed by atoms with Crippen LogP contribution in [0.1, 0.15) is 47.0 Å². The summed E-state index contributed by atoms with van der Waals surface area (Å²) >= 11 is 1.72. The Hall–Kier alpha value is -2.98. The molecule has 0 radical (unpaired) electrons. The quantitative estimate of drug-likeness (QED) is 0.475. The number of nitrogens with one attached hydrogen (secondary N) is 1. The lowest BCUT2D eigenvalue weighted by molar-refractivity contribution is -0.132. The summed E-state index contributed by atoms with van der Waals surface area (Å²) in [4.78, 5) is 22.8. The van der Waals surface area contributed by atoms with Crippen LogP contribution in [-0.4, -0.2) is 53.9 Å². The molecule has 2 aliphatic rings. The summed E-state index contributed by atoms with van der Waals surface area (Å²) in [5, 5.41) is 4.46. The molecule has 37 heavy (non-hydrogen) atoms. The lowest BCUT2D eigenvalue weighted by Gasteiger charge is -2.20. The number of piperidine rings is 1. The van der Waals surface area contributed by atoms with Crippen LogP contribution in [0, 0.1) is 31.6 Å². The molecule has 1 saturated heterocycles. The first kappa shape index (κ1) is 25.7. The number of thiazole rings is 1. The van der Waals surface area contributed by atoms with E-state index < -0.39 is 0 Å². The van der Waals surface area contributed by atoms with E-state index in [-0.39, 0.29) is 5.91 Å². The molecule has 0 atom stereocenters. The molecule has 192 valence electrons. The maximum atomic E-state index is 12.6. The number of benzene rings is 2. The summed E-state index contributed by atoms with van der Waals surface area (Å²) in [5.41, 5.74) is 8.27. The molecule has 0 spiro atoms. The average Bonchev–Trinajstić information content (AvgIpc) is 3.49. The maximum Gasteiger partial charge on any atom is 0.237 e. The Morgan fingerprint density at radius 3 is 2.51 bits per heavy atom. The summed E-state index contributed by atoms with van der Waals surface area (Å²) in [5.74, 6) is 7.68. The monoisotopic (exact) mass is 512 g/mol. The standard InChI is InChI=1S/C31H36N4OS/c1-5-34(4)20-30(36)35-18-28-29(19-35)37-31(33-28)27-11-7-10-26(22(27)3)25-9-6-8-24(21(25)2)13-12-23-14-16-32-17-15-23/h6-11,23,32H,5,14-20H2,1-4H3. The van der Waals surface area contributed by atoms with Crippen molar-refractivity contribution in [3.8, 4) is 33.5 Å². The second-order valence-electron chi connectivity index (χ2n) is 10.2. The molecular formula is C31H36N4OS. The Morgan fingerprint density at radius 2 is 1.78 bits per heavy atom. The van der Waals surface area contributed by atoms with Crippen molar-refractivity contribution in [2.24, 2.45) is 5.92 Å². The molecule has 2 aliphatic heterocycles. The van der Waals surface area contributed by atoms with Gasteiger partial charge >= 0.3 is 0 Å². The molecular weight excluding hydrogens is 476 g/mol. The third-order valence-corrected chi connectivity index (χ3v) is 8.81. The van der Waals surface area contributed by atoms with Crippen LogP contribution in [0.4, 0.5) is 0 Å². The van der Waals surface area contributed by atoms with Gasteiger partial charge < -0.3 is 10.2 Å². The number of rotatable bonds is 5. The molecule has 3 heterocycles. The number of carbonyl (C=O) groups is 1. The summed E-state index contributed by atoms with van der Waals surface area (Å²) < 4.78 is 0. The van der Waals surface area contributed by atoms with E-state index in [2.05, 4.69) is 74.3 Å². The first-order valence-electron chi connectivity index (χ1n) is 13.3. The number of hydrogen-bond acceptors (Lipinski definition) is 5. The Bertz CT molecular complexity index is 1340.